The van der Waals surface area contributed by atoms with Gasteiger partial charge >= 0.3 is 0 Å². The molecule has 2 aromatic heterocycles. The summed E-state index contributed by atoms with van der Waals surface area (Å²) in [6.07, 6.45) is 3.56. The van der Waals surface area contributed by atoms with Gasteiger partial charge in [-0.15, -0.1) is 0 Å². The van der Waals surface area contributed by atoms with E-state index in [4.69, 9.17) is 0 Å². The van der Waals surface area contributed by atoms with Gasteiger partial charge in [0.1, 0.15) is 5.65 Å². The zero-order valence-electron chi connectivity index (χ0n) is 7.77. The summed E-state index contributed by atoms with van der Waals surface area (Å²) in [6.45, 7) is 5.10. The number of aryl methyl sites for hydroxylation is 1. The van der Waals surface area contributed by atoms with E-state index in [0.29, 0.717) is 5.56 Å². The number of hydrogen-bond donors (Lipinski definition) is 0. The first kappa shape index (κ1) is 8.62. The van der Waals surface area contributed by atoms with E-state index in [9.17, 15) is 4.79 Å². The van der Waals surface area contributed by atoms with E-state index in [-0.39, 0.29) is 5.91 Å². The summed E-state index contributed by atoms with van der Waals surface area (Å²) in [5, 5.41) is 0. The number of aromatic nitrogens is 2. The highest BCUT2D eigenvalue weighted by molar-refractivity contribution is 5.96. The normalized spacial score (nSPS) is 10.4. The Morgan fingerprint density at radius 3 is 3.00 bits per heavy atom. The molecule has 4 nitrogen and oxygen atoms in total. The molecule has 0 atom stereocenters. The summed E-state index contributed by atoms with van der Waals surface area (Å²) >= 11 is 0. The molecule has 0 saturated heterocycles. The number of aliphatic imine (C=N–C) groups is 1. The summed E-state index contributed by atoms with van der Waals surface area (Å²) in [5.41, 5.74) is 2.26. The van der Waals surface area contributed by atoms with Crippen molar-refractivity contribution in [3.8, 4) is 0 Å². The molecule has 0 bridgehead atoms. The maximum atomic E-state index is 11.2. The zero-order chi connectivity index (χ0) is 10.1. The van der Waals surface area contributed by atoms with Crippen molar-refractivity contribution in [2.24, 2.45) is 4.99 Å². The second-order valence-electron chi connectivity index (χ2n) is 3.03. The second kappa shape index (κ2) is 3.06. The molecule has 2 heterocycles. The topological polar surface area (TPSA) is 46.7 Å². The molecule has 0 aliphatic rings. The summed E-state index contributed by atoms with van der Waals surface area (Å²) in [6, 6.07) is 3.48. The number of nitrogens with zero attached hydrogens (tertiary/aromatic N) is 3. The monoisotopic (exact) mass is 187 g/mol. The minimum atomic E-state index is -0.321. The van der Waals surface area contributed by atoms with Gasteiger partial charge in [0.2, 0.25) is 0 Å². The summed E-state index contributed by atoms with van der Waals surface area (Å²) in [7, 11) is 0. The molecule has 0 unspecified atom stereocenters. The van der Waals surface area contributed by atoms with E-state index in [2.05, 4.69) is 16.7 Å². The van der Waals surface area contributed by atoms with Crippen LogP contribution in [0.25, 0.3) is 5.65 Å². The van der Waals surface area contributed by atoms with Gasteiger partial charge in [0.05, 0.1) is 11.3 Å². The number of fused-ring (bicyclic) bond motifs is 1. The van der Waals surface area contributed by atoms with E-state index in [1.54, 1.807) is 22.7 Å². The van der Waals surface area contributed by atoms with Gasteiger partial charge in [-0.3, -0.25) is 4.79 Å². The number of imidazole rings is 1. The highest BCUT2D eigenvalue weighted by Crippen LogP contribution is 2.07. The van der Waals surface area contributed by atoms with Gasteiger partial charge in [-0.25, -0.2) is 9.98 Å². The Morgan fingerprint density at radius 2 is 2.29 bits per heavy atom. The van der Waals surface area contributed by atoms with Crippen molar-refractivity contribution in [1.29, 1.82) is 0 Å². The smallest absolute Gasteiger partial charge is 0.277 e. The fourth-order valence-electron chi connectivity index (χ4n) is 1.34. The van der Waals surface area contributed by atoms with Crippen molar-refractivity contribution in [3.63, 3.8) is 0 Å². The third kappa shape index (κ3) is 1.31. The third-order valence-electron chi connectivity index (χ3n) is 1.96. The number of pyridine rings is 1. The Labute approximate surface area is 80.9 Å². The first-order valence-electron chi connectivity index (χ1n) is 4.17. The van der Waals surface area contributed by atoms with Crippen LogP contribution in [-0.4, -0.2) is 22.0 Å². The Morgan fingerprint density at radius 1 is 1.50 bits per heavy atom. The molecule has 0 aliphatic carbocycles. The Bertz CT molecular complexity index is 513. The van der Waals surface area contributed by atoms with Crippen LogP contribution in [0, 0.1) is 6.92 Å². The Kier molecular flexibility index (Phi) is 1.89. The zero-order valence-corrected chi connectivity index (χ0v) is 7.77. The van der Waals surface area contributed by atoms with E-state index in [1.165, 1.54) is 0 Å². The van der Waals surface area contributed by atoms with Crippen LogP contribution >= 0.6 is 0 Å². The molecular weight excluding hydrogens is 178 g/mol. The third-order valence-corrected chi connectivity index (χ3v) is 1.96. The molecule has 2 rings (SSSR count). The number of carbonyl (C=O) groups is 1. The van der Waals surface area contributed by atoms with Gasteiger partial charge in [-0.05, 0) is 25.8 Å². The van der Waals surface area contributed by atoms with Crippen LogP contribution < -0.4 is 0 Å². The molecule has 0 N–H and O–H groups in total. The quantitative estimate of drug-likeness (QED) is 0.635. The predicted octanol–water partition coefficient (Wildman–Crippen LogP) is 1.48. The van der Waals surface area contributed by atoms with Crippen LogP contribution in [-0.2, 0) is 0 Å². The van der Waals surface area contributed by atoms with Gasteiger partial charge in [0.25, 0.3) is 5.91 Å². The van der Waals surface area contributed by atoms with Crippen molar-refractivity contribution in [1.82, 2.24) is 9.38 Å². The minimum Gasteiger partial charge on any atom is -0.306 e. The van der Waals surface area contributed by atoms with E-state index < -0.39 is 0 Å². The lowest BCUT2D eigenvalue weighted by atomic mass is 10.3. The maximum Gasteiger partial charge on any atom is 0.277 e. The van der Waals surface area contributed by atoms with Crippen LogP contribution in [0.15, 0.2) is 29.5 Å². The van der Waals surface area contributed by atoms with E-state index in [1.807, 2.05) is 13.1 Å². The molecule has 70 valence electrons. The molecule has 0 aromatic carbocycles. The van der Waals surface area contributed by atoms with Crippen molar-refractivity contribution < 1.29 is 4.79 Å². The van der Waals surface area contributed by atoms with Gasteiger partial charge in [0.15, 0.2) is 0 Å². The lowest BCUT2D eigenvalue weighted by Crippen LogP contribution is -1.96. The first-order valence-corrected chi connectivity index (χ1v) is 4.17. The van der Waals surface area contributed by atoms with Crippen molar-refractivity contribution in [3.05, 3.63) is 35.8 Å². The molecule has 0 spiro atoms. The fraction of sp³-hybridized carbons (Fsp3) is 0.100. The highest BCUT2D eigenvalue weighted by atomic mass is 16.1. The largest absolute Gasteiger partial charge is 0.306 e. The number of carbonyl (C=O) groups excluding carboxylic acids is 1. The number of rotatable bonds is 1. The average molecular weight is 187 g/mol. The van der Waals surface area contributed by atoms with Crippen molar-refractivity contribution >= 4 is 18.3 Å². The van der Waals surface area contributed by atoms with Gasteiger partial charge < -0.3 is 4.40 Å². The summed E-state index contributed by atoms with van der Waals surface area (Å²) < 4.78 is 1.80. The second-order valence-corrected chi connectivity index (χ2v) is 3.03. The van der Waals surface area contributed by atoms with Crippen LogP contribution in [0.2, 0.25) is 0 Å². The molecule has 0 saturated carbocycles. The Balaban J connectivity index is 2.61. The van der Waals surface area contributed by atoms with E-state index in [0.717, 1.165) is 11.3 Å². The molecule has 0 radical (unpaired) electrons. The van der Waals surface area contributed by atoms with Gasteiger partial charge in [0, 0.05) is 12.4 Å². The van der Waals surface area contributed by atoms with E-state index >= 15 is 0 Å². The van der Waals surface area contributed by atoms with Crippen LogP contribution in [0.3, 0.4) is 0 Å². The molecule has 14 heavy (non-hydrogen) atoms. The van der Waals surface area contributed by atoms with Crippen molar-refractivity contribution in [2.75, 3.05) is 0 Å². The minimum absolute atomic E-state index is 0.321. The molecule has 0 aliphatic heterocycles. The fourth-order valence-corrected chi connectivity index (χ4v) is 1.34. The lowest BCUT2D eigenvalue weighted by Gasteiger charge is -1.96. The average Bonchev–Trinajstić information content (AvgIpc) is 2.55. The molecule has 2 aromatic rings. The standard InChI is InChI=1S/C10H9N3O/c1-7-5-13-6-8(10(14)11-2)3-4-9(13)12-7/h3-6H,2H2,1H3. The SMILES string of the molecule is C=NC(=O)c1ccc2nc(C)cn2c1. The van der Waals surface area contributed by atoms with Gasteiger partial charge in [-0.2, -0.15) is 0 Å². The summed E-state index contributed by atoms with van der Waals surface area (Å²) in [4.78, 5) is 18.8. The number of amides is 1. The molecule has 1 amide bonds. The molecular formula is C10H9N3O. The number of hydrogen-bond acceptors (Lipinski definition) is 2. The van der Waals surface area contributed by atoms with Crippen LogP contribution in [0.5, 0.6) is 0 Å². The van der Waals surface area contributed by atoms with Crippen LogP contribution in [0.1, 0.15) is 16.1 Å². The van der Waals surface area contributed by atoms with Gasteiger partial charge in [-0.1, -0.05) is 0 Å². The predicted molar refractivity (Wildman–Crippen MR) is 53.8 cm³/mol. The summed E-state index contributed by atoms with van der Waals surface area (Å²) in [5.74, 6) is -0.321. The first-order chi connectivity index (χ1) is 6.70. The van der Waals surface area contributed by atoms with Crippen LogP contribution in [0.4, 0.5) is 0 Å². The lowest BCUT2D eigenvalue weighted by molar-refractivity contribution is 0.100. The molecule has 4 heteroatoms. The molecule has 0 fully saturated rings. The maximum absolute atomic E-state index is 11.2. The highest BCUT2D eigenvalue weighted by Gasteiger charge is 2.04. The Hall–Kier alpha value is -1.97. The van der Waals surface area contributed by atoms with Crippen molar-refractivity contribution in [2.45, 2.75) is 6.92 Å².